The van der Waals surface area contributed by atoms with E-state index in [1.165, 1.54) is 6.08 Å². The Morgan fingerprint density at radius 3 is 2.79 bits per heavy atom. The van der Waals surface area contributed by atoms with Gasteiger partial charge in [0.25, 0.3) is 5.56 Å². The van der Waals surface area contributed by atoms with E-state index in [1.54, 1.807) is 6.08 Å². The van der Waals surface area contributed by atoms with Gasteiger partial charge in [-0.15, -0.1) is 0 Å². The molecule has 1 aromatic carbocycles. The first-order valence-electron chi connectivity index (χ1n) is 9.65. The van der Waals surface area contributed by atoms with Crippen molar-refractivity contribution >= 4 is 23.0 Å². The van der Waals surface area contributed by atoms with E-state index in [0.717, 1.165) is 52.8 Å². The van der Waals surface area contributed by atoms with Crippen LogP contribution >= 0.6 is 0 Å². The number of hydrogen-bond donors (Lipinski definition) is 2. The van der Waals surface area contributed by atoms with E-state index in [2.05, 4.69) is 17.2 Å². The summed E-state index contributed by atoms with van der Waals surface area (Å²) in [7, 11) is 0. The molecule has 0 atom stereocenters. The number of aryl methyl sites for hydroxylation is 3. The molecule has 2 aromatic heterocycles. The SMILES string of the molecule is CCCCc1oc2ccccc2c1/C=C/C(=O)NCc1c(C)cc(C)[nH]c1=O. The summed E-state index contributed by atoms with van der Waals surface area (Å²) in [5.74, 6) is 0.657. The zero-order valence-corrected chi connectivity index (χ0v) is 16.6. The number of carbonyl (C=O) groups excluding carboxylic acids is 1. The highest BCUT2D eigenvalue weighted by atomic mass is 16.3. The molecule has 5 heteroatoms. The number of amides is 1. The number of fused-ring (bicyclic) bond motifs is 1. The van der Waals surface area contributed by atoms with E-state index < -0.39 is 0 Å². The highest BCUT2D eigenvalue weighted by molar-refractivity contribution is 5.96. The third-order valence-electron chi connectivity index (χ3n) is 4.80. The number of pyridine rings is 1. The molecule has 0 bridgehead atoms. The lowest BCUT2D eigenvalue weighted by Crippen LogP contribution is -2.26. The summed E-state index contributed by atoms with van der Waals surface area (Å²) in [5.41, 5.74) is 3.87. The van der Waals surface area contributed by atoms with E-state index in [4.69, 9.17) is 4.42 Å². The molecule has 0 aliphatic carbocycles. The van der Waals surface area contributed by atoms with Crippen LogP contribution in [0.2, 0.25) is 0 Å². The lowest BCUT2D eigenvalue weighted by Gasteiger charge is -2.06. The molecule has 0 aliphatic rings. The average Bonchev–Trinajstić information content (AvgIpc) is 3.01. The zero-order valence-electron chi connectivity index (χ0n) is 16.6. The van der Waals surface area contributed by atoms with Gasteiger partial charge in [0.1, 0.15) is 11.3 Å². The molecule has 0 saturated heterocycles. The number of benzene rings is 1. The molecule has 0 aliphatic heterocycles. The van der Waals surface area contributed by atoms with Gasteiger partial charge in [-0.1, -0.05) is 31.5 Å². The van der Waals surface area contributed by atoms with E-state index in [9.17, 15) is 9.59 Å². The summed E-state index contributed by atoms with van der Waals surface area (Å²) in [6.45, 7) is 6.04. The lowest BCUT2D eigenvalue weighted by molar-refractivity contribution is -0.116. The molecular weight excluding hydrogens is 352 g/mol. The number of aromatic nitrogens is 1. The number of para-hydroxylation sites is 1. The summed E-state index contributed by atoms with van der Waals surface area (Å²) in [4.78, 5) is 27.2. The fourth-order valence-electron chi connectivity index (χ4n) is 3.32. The molecular formula is C23H26N2O3. The summed E-state index contributed by atoms with van der Waals surface area (Å²) in [6, 6.07) is 9.74. The van der Waals surface area contributed by atoms with Gasteiger partial charge in [0.15, 0.2) is 0 Å². The van der Waals surface area contributed by atoms with E-state index in [-0.39, 0.29) is 18.0 Å². The number of furan rings is 1. The molecule has 2 N–H and O–H groups in total. The van der Waals surface area contributed by atoms with Crippen molar-refractivity contribution in [1.82, 2.24) is 10.3 Å². The van der Waals surface area contributed by atoms with Gasteiger partial charge in [-0.25, -0.2) is 0 Å². The molecule has 0 spiro atoms. The Bertz CT molecular complexity index is 1070. The maximum absolute atomic E-state index is 12.3. The largest absolute Gasteiger partial charge is 0.460 e. The van der Waals surface area contributed by atoms with Gasteiger partial charge in [0, 0.05) is 41.2 Å². The van der Waals surface area contributed by atoms with Crippen molar-refractivity contribution in [1.29, 1.82) is 0 Å². The van der Waals surface area contributed by atoms with Crippen LogP contribution in [0.4, 0.5) is 0 Å². The van der Waals surface area contributed by atoms with E-state index in [0.29, 0.717) is 5.56 Å². The van der Waals surface area contributed by atoms with Crippen LogP contribution in [0.15, 0.2) is 45.6 Å². The maximum Gasteiger partial charge on any atom is 0.253 e. The summed E-state index contributed by atoms with van der Waals surface area (Å²) >= 11 is 0. The number of hydrogen-bond acceptors (Lipinski definition) is 3. The first-order chi connectivity index (χ1) is 13.5. The van der Waals surface area contributed by atoms with Gasteiger partial charge in [0.05, 0.1) is 0 Å². The first kappa shape index (κ1) is 19.7. The van der Waals surface area contributed by atoms with Crippen LogP contribution in [0.25, 0.3) is 17.0 Å². The van der Waals surface area contributed by atoms with Gasteiger partial charge >= 0.3 is 0 Å². The second-order valence-electron chi connectivity index (χ2n) is 7.03. The standard InChI is InChI=1S/C23H26N2O3/c1-4-5-9-20-18(17-8-6-7-10-21(17)28-20)11-12-22(26)24-14-19-15(2)13-16(3)25-23(19)27/h6-8,10-13H,4-5,9,14H2,1-3H3,(H,24,26)(H,25,27)/b12-11+. The van der Waals surface area contributed by atoms with Crippen molar-refractivity contribution in [2.24, 2.45) is 0 Å². The fourth-order valence-corrected chi connectivity index (χ4v) is 3.32. The molecule has 28 heavy (non-hydrogen) atoms. The topological polar surface area (TPSA) is 75.1 Å². The monoisotopic (exact) mass is 378 g/mol. The molecule has 0 saturated carbocycles. The van der Waals surface area contributed by atoms with Crippen molar-refractivity contribution in [3.63, 3.8) is 0 Å². The number of unbranched alkanes of at least 4 members (excludes halogenated alkanes) is 1. The van der Waals surface area contributed by atoms with Gasteiger partial charge in [-0.3, -0.25) is 9.59 Å². The first-order valence-corrected chi connectivity index (χ1v) is 9.65. The second kappa shape index (κ2) is 8.74. The van der Waals surface area contributed by atoms with Crippen molar-refractivity contribution < 1.29 is 9.21 Å². The van der Waals surface area contributed by atoms with Crippen molar-refractivity contribution in [2.75, 3.05) is 0 Å². The van der Waals surface area contributed by atoms with Gasteiger partial charge in [-0.2, -0.15) is 0 Å². The van der Waals surface area contributed by atoms with Crippen LogP contribution in [0, 0.1) is 13.8 Å². The van der Waals surface area contributed by atoms with Gasteiger partial charge in [-0.05, 0) is 44.0 Å². The highest BCUT2D eigenvalue weighted by Gasteiger charge is 2.12. The Morgan fingerprint density at radius 1 is 1.25 bits per heavy atom. The van der Waals surface area contributed by atoms with Crippen LogP contribution in [0.1, 0.15) is 47.9 Å². The number of H-pyrrole nitrogens is 1. The van der Waals surface area contributed by atoms with Crippen LogP contribution in [0.3, 0.4) is 0 Å². The molecule has 0 fully saturated rings. The van der Waals surface area contributed by atoms with Crippen LogP contribution in [0.5, 0.6) is 0 Å². The second-order valence-corrected chi connectivity index (χ2v) is 7.03. The molecule has 3 rings (SSSR count). The van der Waals surface area contributed by atoms with Crippen LogP contribution in [-0.2, 0) is 17.8 Å². The molecule has 0 unspecified atom stereocenters. The van der Waals surface area contributed by atoms with E-state index >= 15 is 0 Å². The van der Waals surface area contributed by atoms with Crippen molar-refractivity contribution in [2.45, 2.75) is 46.6 Å². The summed E-state index contributed by atoms with van der Waals surface area (Å²) in [6.07, 6.45) is 6.25. The Morgan fingerprint density at radius 2 is 2.04 bits per heavy atom. The molecule has 2 heterocycles. The normalized spacial score (nSPS) is 11.4. The molecule has 0 radical (unpaired) electrons. The Balaban J connectivity index is 1.76. The van der Waals surface area contributed by atoms with E-state index in [1.807, 2.05) is 44.2 Å². The quantitative estimate of drug-likeness (QED) is 0.598. The number of rotatable bonds is 7. The minimum Gasteiger partial charge on any atom is -0.460 e. The zero-order chi connectivity index (χ0) is 20.1. The summed E-state index contributed by atoms with van der Waals surface area (Å²) in [5, 5.41) is 3.80. The molecule has 146 valence electrons. The van der Waals surface area contributed by atoms with Crippen LogP contribution < -0.4 is 10.9 Å². The maximum atomic E-state index is 12.3. The average molecular weight is 378 g/mol. The predicted molar refractivity (Wildman–Crippen MR) is 112 cm³/mol. The van der Waals surface area contributed by atoms with Crippen molar-refractivity contribution in [3.8, 4) is 0 Å². The minimum atomic E-state index is -0.244. The Labute approximate surface area is 164 Å². The van der Waals surface area contributed by atoms with Crippen molar-refractivity contribution in [3.05, 3.63) is 74.9 Å². The molecule has 1 amide bonds. The van der Waals surface area contributed by atoms with Crippen LogP contribution in [-0.4, -0.2) is 10.9 Å². The number of nitrogens with one attached hydrogen (secondary N) is 2. The lowest BCUT2D eigenvalue weighted by atomic mass is 10.1. The fraction of sp³-hybridized carbons (Fsp3) is 0.304. The third kappa shape index (κ3) is 4.42. The Hall–Kier alpha value is -3.08. The van der Waals surface area contributed by atoms with Gasteiger partial charge in [0.2, 0.25) is 5.91 Å². The van der Waals surface area contributed by atoms with Gasteiger partial charge < -0.3 is 14.7 Å². The third-order valence-corrected chi connectivity index (χ3v) is 4.80. The minimum absolute atomic E-state index is 0.163. The molecule has 3 aromatic rings. The highest BCUT2D eigenvalue weighted by Crippen LogP contribution is 2.28. The predicted octanol–water partition coefficient (Wildman–Crippen LogP) is 4.41. The smallest absolute Gasteiger partial charge is 0.253 e. The Kier molecular flexibility index (Phi) is 6.14. The molecule has 5 nitrogen and oxygen atoms in total. The number of carbonyl (C=O) groups is 1. The number of aromatic amines is 1. The summed E-state index contributed by atoms with van der Waals surface area (Å²) < 4.78 is 5.98.